The molecule has 7 nitrogen and oxygen atoms in total. The Morgan fingerprint density at radius 1 is 1.04 bits per heavy atom. The van der Waals surface area contributed by atoms with Crippen LogP contribution in [-0.2, 0) is 9.53 Å². The van der Waals surface area contributed by atoms with Gasteiger partial charge in [-0.05, 0) is 44.2 Å². The van der Waals surface area contributed by atoms with Gasteiger partial charge in [0.1, 0.15) is 0 Å². The van der Waals surface area contributed by atoms with Crippen LogP contribution in [0.3, 0.4) is 0 Å². The number of amides is 1. The largest absolute Gasteiger partial charge is 0.490 e. The SMILES string of the molecule is CCOc1ccc(NC(=O)COC(=O)c2cccc(C#N)c2)cc1OCC. The lowest BCUT2D eigenvalue weighted by Crippen LogP contribution is -2.21. The molecular formula is C20H20N2O5. The second kappa shape index (κ2) is 9.82. The number of esters is 1. The molecule has 0 saturated carbocycles. The summed E-state index contributed by atoms with van der Waals surface area (Å²) in [7, 11) is 0. The van der Waals surface area contributed by atoms with Crippen molar-refractivity contribution < 1.29 is 23.8 Å². The zero-order valence-corrected chi connectivity index (χ0v) is 15.2. The highest BCUT2D eigenvalue weighted by Gasteiger charge is 2.12. The first-order valence-corrected chi connectivity index (χ1v) is 8.44. The van der Waals surface area contributed by atoms with Gasteiger partial charge in [0.05, 0.1) is 30.4 Å². The van der Waals surface area contributed by atoms with Crippen molar-refractivity contribution in [2.45, 2.75) is 13.8 Å². The van der Waals surface area contributed by atoms with E-state index in [2.05, 4.69) is 5.32 Å². The molecule has 2 aromatic rings. The highest BCUT2D eigenvalue weighted by molar-refractivity contribution is 5.95. The van der Waals surface area contributed by atoms with E-state index in [9.17, 15) is 9.59 Å². The van der Waals surface area contributed by atoms with Crippen molar-refractivity contribution in [1.29, 1.82) is 5.26 Å². The van der Waals surface area contributed by atoms with Crippen molar-refractivity contribution in [3.8, 4) is 17.6 Å². The summed E-state index contributed by atoms with van der Waals surface area (Å²) in [6, 6.07) is 13.0. The van der Waals surface area contributed by atoms with E-state index in [0.717, 1.165) is 0 Å². The van der Waals surface area contributed by atoms with Gasteiger partial charge in [-0.15, -0.1) is 0 Å². The molecule has 1 N–H and O–H groups in total. The van der Waals surface area contributed by atoms with Gasteiger partial charge in [0, 0.05) is 11.8 Å². The predicted octanol–water partition coefficient (Wildman–Crippen LogP) is 3.15. The minimum Gasteiger partial charge on any atom is -0.490 e. The van der Waals surface area contributed by atoms with Gasteiger partial charge in [-0.2, -0.15) is 5.26 Å². The Kier molecular flexibility index (Phi) is 7.20. The van der Waals surface area contributed by atoms with Gasteiger partial charge < -0.3 is 19.5 Å². The second-order valence-corrected chi connectivity index (χ2v) is 5.34. The van der Waals surface area contributed by atoms with Crippen LogP contribution in [0.15, 0.2) is 42.5 Å². The van der Waals surface area contributed by atoms with Gasteiger partial charge in [-0.1, -0.05) is 6.07 Å². The Morgan fingerprint density at radius 3 is 2.48 bits per heavy atom. The lowest BCUT2D eigenvalue weighted by Gasteiger charge is -2.13. The number of rotatable bonds is 8. The number of anilines is 1. The molecule has 0 heterocycles. The fourth-order valence-corrected chi connectivity index (χ4v) is 2.26. The monoisotopic (exact) mass is 368 g/mol. The van der Waals surface area contributed by atoms with Gasteiger partial charge >= 0.3 is 5.97 Å². The minimum absolute atomic E-state index is 0.210. The van der Waals surface area contributed by atoms with E-state index in [4.69, 9.17) is 19.5 Å². The van der Waals surface area contributed by atoms with Crippen molar-refractivity contribution in [3.63, 3.8) is 0 Å². The molecule has 0 spiro atoms. The Bertz CT molecular complexity index is 858. The van der Waals surface area contributed by atoms with Gasteiger partial charge in [0.25, 0.3) is 5.91 Å². The lowest BCUT2D eigenvalue weighted by atomic mass is 10.1. The van der Waals surface area contributed by atoms with Crippen LogP contribution in [0, 0.1) is 11.3 Å². The third-order valence-electron chi connectivity index (χ3n) is 3.39. The van der Waals surface area contributed by atoms with Crippen LogP contribution in [0.4, 0.5) is 5.69 Å². The lowest BCUT2D eigenvalue weighted by molar-refractivity contribution is -0.119. The molecule has 0 aliphatic heterocycles. The summed E-state index contributed by atoms with van der Waals surface area (Å²) in [6.07, 6.45) is 0. The van der Waals surface area contributed by atoms with Crippen molar-refractivity contribution >= 4 is 17.6 Å². The number of nitrogens with one attached hydrogen (secondary N) is 1. The van der Waals surface area contributed by atoms with Crippen molar-refractivity contribution in [2.24, 2.45) is 0 Å². The number of hydrogen-bond donors (Lipinski definition) is 1. The minimum atomic E-state index is -0.677. The van der Waals surface area contributed by atoms with Crippen LogP contribution in [0.2, 0.25) is 0 Å². The maximum Gasteiger partial charge on any atom is 0.338 e. The molecule has 0 bridgehead atoms. The first-order valence-electron chi connectivity index (χ1n) is 8.44. The number of ether oxygens (including phenoxy) is 3. The molecule has 0 aromatic heterocycles. The highest BCUT2D eigenvalue weighted by atomic mass is 16.5. The molecule has 0 radical (unpaired) electrons. The normalized spacial score (nSPS) is 9.81. The van der Waals surface area contributed by atoms with Crippen molar-refractivity contribution in [1.82, 2.24) is 0 Å². The summed E-state index contributed by atoms with van der Waals surface area (Å²) < 4.78 is 16.0. The Balaban J connectivity index is 1.96. The van der Waals surface area contributed by atoms with Crippen LogP contribution in [-0.4, -0.2) is 31.7 Å². The molecule has 0 fully saturated rings. The van der Waals surface area contributed by atoms with E-state index in [1.807, 2.05) is 19.9 Å². The number of carbonyl (C=O) groups is 2. The average molecular weight is 368 g/mol. The Hall–Kier alpha value is -3.53. The van der Waals surface area contributed by atoms with E-state index >= 15 is 0 Å². The van der Waals surface area contributed by atoms with E-state index in [-0.39, 0.29) is 5.56 Å². The highest BCUT2D eigenvalue weighted by Crippen LogP contribution is 2.30. The van der Waals surface area contributed by atoms with Crippen LogP contribution in [0.5, 0.6) is 11.5 Å². The predicted molar refractivity (Wildman–Crippen MR) is 98.8 cm³/mol. The third-order valence-corrected chi connectivity index (χ3v) is 3.39. The molecule has 0 atom stereocenters. The standard InChI is InChI=1S/C20H20N2O5/c1-3-25-17-9-8-16(11-18(17)26-4-2)22-19(23)13-27-20(24)15-7-5-6-14(10-15)12-21/h5-11H,3-4,13H2,1-2H3,(H,22,23). The summed E-state index contributed by atoms with van der Waals surface area (Å²) in [5, 5.41) is 11.5. The molecule has 2 rings (SSSR count). The molecule has 0 saturated heterocycles. The zero-order chi connectivity index (χ0) is 19.6. The van der Waals surface area contributed by atoms with E-state index in [1.165, 1.54) is 12.1 Å². The van der Waals surface area contributed by atoms with Crippen molar-refractivity contribution in [2.75, 3.05) is 25.1 Å². The molecule has 7 heteroatoms. The fourth-order valence-electron chi connectivity index (χ4n) is 2.26. The van der Waals surface area contributed by atoms with E-state index in [0.29, 0.717) is 36.0 Å². The van der Waals surface area contributed by atoms with E-state index in [1.54, 1.807) is 30.3 Å². The molecule has 1 amide bonds. The summed E-state index contributed by atoms with van der Waals surface area (Å²) in [4.78, 5) is 24.0. The molecule has 27 heavy (non-hydrogen) atoms. The van der Waals surface area contributed by atoms with Gasteiger partial charge in [-0.25, -0.2) is 4.79 Å². The summed E-state index contributed by atoms with van der Waals surface area (Å²) in [5.41, 5.74) is 1.04. The number of nitrogens with zero attached hydrogens (tertiary/aromatic N) is 1. The molecule has 2 aromatic carbocycles. The van der Waals surface area contributed by atoms with Gasteiger partial charge in [0.15, 0.2) is 18.1 Å². The third kappa shape index (κ3) is 5.75. The van der Waals surface area contributed by atoms with Crippen LogP contribution >= 0.6 is 0 Å². The van der Waals surface area contributed by atoms with Crippen LogP contribution in [0.25, 0.3) is 0 Å². The number of carbonyl (C=O) groups excluding carboxylic acids is 2. The van der Waals surface area contributed by atoms with Crippen LogP contribution in [0.1, 0.15) is 29.8 Å². The first-order chi connectivity index (χ1) is 13.1. The molecular weight excluding hydrogens is 348 g/mol. The number of nitriles is 1. The quantitative estimate of drug-likeness (QED) is 0.719. The molecule has 0 aliphatic rings. The summed E-state index contributed by atoms with van der Waals surface area (Å²) in [6.45, 7) is 4.21. The Morgan fingerprint density at radius 2 is 1.78 bits per heavy atom. The molecule has 0 aliphatic carbocycles. The first kappa shape index (κ1) is 19.8. The second-order valence-electron chi connectivity index (χ2n) is 5.34. The van der Waals surface area contributed by atoms with Crippen molar-refractivity contribution in [3.05, 3.63) is 53.6 Å². The Labute approximate surface area is 157 Å². The molecule has 0 unspecified atom stereocenters. The topological polar surface area (TPSA) is 97.6 Å². The van der Waals surface area contributed by atoms with Gasteiger partial charge in [0.2, 0.25) is 0 Å². The summed E-state index contributed by atoms with van der Waals surface area (Å²) in [5.74, 6) is -0.0704. The van der Waals surface area contributed by atoms with E-state index < -0.39 is 18.5 Å². The smallest absolute Gasteiger partial charge is 0.338 e. The maximum atomic E-state index is 12.0. The summed E-state index contributed by atoms with van der Waals surface area (Å²) >= 11 is 0. The molecule has 140 valence electrons. The zero-order valence-electron chi connectivity index (χ0n) is 15.2. The fraction of sp³-hybridized carbons (Fsp3) is 0.250. The average Bonchev–Trinajstić information content (AvgIpc) is 2.68. The van der Waals surface area contributed by atoms with Crippen LogP contribution < -0.4 is 14.8 Å². The van der Waals surface area contributed by atoms with Gasteiger partial charge in [-0.3, -0.25) is 4.79 Å². The number of benzene rings is 2. The number of hydrogen-bond acceptors (Lipinski definition) is 6. The maximum absolute atomic E-state index is 12.0.